The molecular formula is C23H20F2N2O5S. The maximum Gasteiger partial charge on any atom is 0.337 e. The van der Waals surface area contributed by atoms with Crippen LogP contribution >= 0.6 is 0 Å². The number of hydrogen-bond acceptors (Lipinski definition) is 5. The van der Waals surface area contributed by atoms with Crippen molar-refractivity contribution in [2.45, 2.75) is 17.5 Å². The molecule has 10 heteroatoms. The number of benzene rings is 3. The fraction of sp³-hybridized carbons (Fsp3) is 0.130. The second kappa shape index (κ2) is 9.88. The van der Waals surface area contributed by atoms with Crippen molar-refractivity contribution >= 4 is 21.9 Å². The zero-order valence-corrected chi connectivity index (χ0v) is 18.3. The van der Waals surface area contributed by atoms with Gasteiger partial charge in [0.15, 0.2) is 0 Å². The summed E-state index contributed by atoms with van der Waals surface area (Å²) < 4.78 is 60.3. The van der Waals surface area contributed by atoms with Crippen LogP contribution in [0.4, 0.5) is 8.78 Å². The Morgan fingerprint density at radius 2 is 1.64 bits per heavy atom. The molecule has 33 heavy (non-hydrogen) atoms. The quantitative estimate of drug-likeness (QED) is 0.505. The number of sulfonamides is 1. The maximum atomic E-state index is 14.5. The molecule has 0 aliphatic rings. The molecule has 0 aromatic heterocycles. The van der Waals surface area contributed by atoms with Crippen LogP contribution in [0.3, 0.4) is 0 Å². The van der Waals surface area contributed by atoms with Crippen LogP contribution in [-0.2, 0) is 26.1 Å². The standard InChI is InChI=1S/C23H20F2N2O5S/c1-32-23(29)17-9-7-15(8-10-17)14-27(21(22(26)28)16-5-3-2-4-6-16)33(30,31)20-12-11-18(24)13-19(20)25/h2-13,21H,14H2,1H3,(H2,26,28)/t21-/m1/s1. The van der Waals surface area contributed by atoms with Crippen molar-refractivity contribution in [2.75, 3.05) is 7.11 Å². The van der Waals surface area contributed by atoms with Gasteiger partial charge < -0.3 is 10.5 Å². The lowest BCUT2D eigenvalue weighted by atomic mass is 10.1. The average Bonchev–Trinajstić information content (AvgIpc) is 2.78. The van der Waals surface area contributed by atoms with Crippen molar-refractivity contribution in [1.29, 1.82) is 0 Å². The van der Waals surface area contributed by atoms with Crippen LogP contribution in [-0.4, -0.2) is 31.7 Å². The van der Waals surface area contributed by atoms with E-state index in [0.717, 1.165) is 16.4 Å². The zero-order valence-electron chi connectivity index (χ0n) is 17.4. The van der Waals surface area contributed by atoms with Crippen LogP contribution in [0.2, 0.25) is 0 Å². The Morgan fingerprint density at radius 3 is 2.18 bits per heavy atom. The zero-order chi connectivity index (χ0) is 24.2. The molecule has 0 bridgehead atoms. The van der Waals surface area contributed by atoms with Gasteiger partial charge in [-0.1, -0.05) is 42.5 Å². The third-order valence-corrected chi connectivity index (χ3v) is 6.71. The SMILES string of the molecule is COC(=O)c1ccc(CN([C@@H](C(N)=O)c2ccccc2)S(=O)(=O)c2ccc(F)cc2F)cc1. The molecule has 0 saturated carbocycles. The summed E-state index contributed by atoms with van der Waals surface area (Å²) in [4.78, 5) is 23.3. The molecule has 0 heterocycles. The van der Waals surface area contributed by atoms with Crippen LogP contribution in [0.15, 0.2) is 77.7 Å². The fourth-order valence-electron chi connectivity index (χ4n) is 3.28. The topological polar surface area (TPSA) is 107 Å². The molecule has 7 nitrogen and oxygen atoms in total. The summed E-state index contributed by atoms with van der Waals surface area (Å²) in [6, 6.07) is 14.2. The van der Waals surface area contributed by atoms with Crippen molar-refractivity contribution in [3.63, 3.8) is 0 Å². The van der Waals surface area contributed by atoms with Gasteiger partial charge in [0.05, 0.1) is 12.7 Å². The molecule has 3 aromatic rings. The van der Waals surface area contributed by atoms with E-state index in [4.69, 9.17) is 5.73 Å². The minimum atomic E-state index is -4.67. The van der Waals surface area contributed by atoms with Crippen LogP contribution in [0.25, 0.3) is 0 Å². The maximum absolute atomic E-state index is 14.5. The van der Waals surface area contributed by atoms with Gasteiger partial charge in [0.1, 0.15) is 22.6 Å². The number of rotatable bonds is 8. The predicted octanol–water partition coefficient (Wildman–Crippen LogP) is 3.17. The van der Waals surface area contributed by atoms with Gasteiger partial charge in [-0.05, 0) is 35.4 Å². The molecule has 3 rings (SSSR count). The Labute approximate surface area is 189 Å². The van der Waals surface area contributed by atoms with E-state index < -0.39 is 44.5 Å². The molecule has 172 valence electrons. The minimum Gasteiger partial charge on any atom is -0.465 e. The summed E-state index contributed by atoms with van der Waals surface area (Å²) >= 11 is 0. The number of esters is 1. The van der Waals surface area contributed by atoms with E-state index in [0.29, 0.717) is 11.6 Å². The Morgan fingerprint density at radius 1 is 1.00 bits per heavy atom. The Hall–Kier alpha value is -3.63. The number of methoxy groups -OCH3 is 1. The van der Waals surface area contributed by atoms with Crippen molar-refractivity contribution < 1.29 is 31.5 Å². The van der Waals surface area contributed by atoms with E-state index in [1.807, 2.05) is 0 Å². The van der Waals surface area contributed by atoms with Crippen LogP contribution in [0, 0.1) is 11.6 Å². The van der Waals surface area contributed by atoms with Crippen LogP contribution in [0.1, 0.15) is 27.5 Å². The Kier molecular flexibility index (Phi) is 7.19. The van der Waals surface area contributed by atoms with E-state index in [1.54, 1.807) is 18.2 Å². The number of carbonyl (C=O) groups excluding carboxylic acids is 2. The van der Waals surface area contributed by atoms with Gasteiger partial charge in [-0.25, -0.2) is 22.0 Å². The van der Waals surface area contributed by atoms with E-state index >= 15 is 0 Å². The largest absolute Gasteiger partial charge is 0.465 e. The van der Waals surface area contributed by atoms with E-state index in [2.05, 4.69) is 4.74 Å². The molecule has 1 atom stereocenters. The molecule has 3 aromatic carbocycles. The highest BCUT2D eigenvalue weighted by Gasteiger charge is 2.37. The molecule has 0 aliphatic carbocycles. The number of nitrogens with two attached hydrogens (primary N) is 1. The van der Waals surface area contributed by atoms with Crippen molar-refractivity contribution in [1.82, 2.24) is 4.31 Å². The van der Waals surface area contributed by atoms with Gasteiger partial charge in [0.2, 0.25) is 15.9 Å². The van der Waals surface area contributed by atoms with E-state index in [1.165, 1.54) is 43.5 Å². The Bertz CT molecular complexity index is 1270. The summed E-state index contributed by atoms with van der Waals surface area (Å²) in [6.07, 6.45) is 0. The van der Waals surface area contributed by atoms with E-state index in [-0.39, 0.29) is 17.7 Å². The number of nitrogens with zero attached hydrogens (tertiary/aromatic N) is 1. The third-order valence-electron chi connectivity index (χ3n) is 4.87. The van der Waals surface area contributed by atoms with Gasteiger partial charge in [0.25, 0.3) is 0 Å². The molecule has 1 amide bonds. The van der Waals surface area contributed by atoms with Crippen molar-refractivity contribution in [3.05, 3.63) is 101 Å². The molecule has 0 radical (unpaired) electrons. The summed E-state index contributed by atoms with van der Waals surface area (Å²) in [6.45, 7) is -0.386. The average molecular weight is 474 g/mol. The number of carbonyl (C=O) groups is 2. The number of ether oxygens (including phenoxy) is 1. The summed E-state index contributed by atoms with van der Waals surface area (Å²) in [5.41, 5.74) is 6.46. The number of primary amides is 1. The van der Waals surface area contributed by atoms with Gasteiger partial charge in [-0.15, -0.1) is 0 Å². The highest BCUT2D eigenvalue weighted by atomic mass is 32.2. The van der Waals surface area contributed by atoms with Crippen molar-refractivity contribution in [2.24, 2.45) is 5.73 Å². The van der Waals surface area contributed by atoms with Gasteiger partial charge >= 0.3 is 5.97 Å². The normalized spacial score (nSPS) is 12.4. The Balaban J connectivity index is 2.13. The second-order valence-corrected chi connectivity index (χ2v) is 8.89. The van der Waals surface area contributed by atoms with Gasteiger partial charge in [-0.2, -0.15) is 4.31 Å². The lowest BCUT2D eigenvalue weighted by Gasteiger charge is -2.29. The molecule has 0 saturated heterocycles. The summed E-state index contributed by atoms with van der Waals surface area (Å²) in [5.74, 6) is -3.83. The molecule has 0 spiro atoms. The first-order valence-corrected chi connectivity index (χ1v) is 11.1. The lowest BCUT2D eigenvalue weighted by molar-refractivity contribution is -0.122. The highest BCUT2D eigenvalue weighted by Crippen LogP contribution is 2.31. The molecular weight excluding hydrogens is 454 g/mol. The summed E-state index contributed by atoms with van der Waals surface area (Å²) in [7, 11) is -3.45. The lowest BCUT2D eigenvalue weighted by Crippen LogP contribution is -2.41. The molecule has 0 unspecified atom stereocenters. The van der Waals surface area contributed by atoms with Gasteiger partial charge in [-0.3, -0.25) is 4.79 Å². The number of hydrogen-bond donors (Lipinski definition) is 1. The molecule has 0 aliphatic heterocycles. The fourth-order valence-corrected chi connectivity index (χ4v) is 4.90. The van der Waals surface area contributed by atoms with Gasteiger partial charge in [0, 0.05) is 12.6 Å². The summed E-state index contributed by atoms with van der Waals surface area (Å²) in [5, 5.41) is 0. The number of halogens is 2. The highest BCUT2D eigenvalue weighted by molar-refractivity contribution is 7.89. The predicted molar refractivity (Wildman–Crippen MR) is 115 cm³/mol. The monoisotopic (exact) mass is 474 g/mol. The smallest absolute Gasteiger partial charge is 0.337 e. The minimum absolute atomic E-state index is 0.231. The number of amides is 1. The van der Waals surface area contributed by atoms with Crippen molar-refractivity contribution in [3.8, 4) is 0 Å². The van der Waals surface area contributed by atoms with Crippen LogP contribution < -0.4 is 5.73 Å². The second-order valence-electron chi connectivity index (χ2n) is 7.03. The molecule has 0 fully saturated rings. The first-order chi connectivity index (χ1) is 15.6. The first-order valence-electron chi connectivity index (χ1n) is 9.63. The third kappa shape index (κ3) is 5.24. The molecule has 2 N–H and O–H groups in total. The van der Waals surface area contributed by atoms with Crippen LogP contribution in [0.5, 0.6) is 0 Å². The van der Waals surface area contributed by atoms with E-state index in [9.17, 15) is 26.8 Å². The first kappa shape index (κ1) is 24.0.